The Morgan fingerprint density at radius 2 is 2.00 bits per heavy atom. The highest BCUT2D eigenvalue weighted by atomic mass is 79.9. The Balaban J connectivity index is 1.92. The van der Waals surface area contributed by atoms with Crippen molar-refractivity contribution in [3.63, 3.8) is 0 Å². The molecule has 3 aromatic rings. The number of aromatic nitrogens is 1. The minimum Gasteiger partial charge on any atom is -0.508 e. The number of aromatic amines is 1. The standard InChI is InChI=1S/C19H18BrN3O2/c1-23-9-13(10-23)21-18(11-3-2-4-14(24)7-11)17-15-8-12(20)5-6-16(15)22-19(17)25/h2-8,13,22,24-25H,9-10H2,1H3. The van der Waals surface area contributed by atoms with Crippen molar-refractivity contribution in [2.45, 2.75) is 6.04 Å². The number of aromatic hydroxyl groups is 2. The molecule has 4 rings (SSSR count). The average molecular weight is 400 g/mol. The van der Waals surface area contributed by atoms with Gasteiger partial charge in [-0.2, -0.15) is 0 Å². The minimum atomic E-state index is 0.0860. The van der Waals surface area contributed by atoms with Crippen LogP contribution in [0.15, 0.2) is 51.9 Å². The molecule has 0 unspecified atom stereocenters. The van der Waals surface area contributed by atoms with E-state index in [1.807, 2.05) is 24.3 Å². The lowest BCUT2D eigenvalue weighted by molar-refractivity contribution is 0.194. The van der Waals surface area contributed by atoms with E-state index in [0.717, 1.165) is 34.0 Å². The molecule has 1 fully saturated rings. The van der Waals surface area contributed by atoms with E-state index >= 15 is 0 Å². The predicted octanol–water partition coefficient (Wildman–Crippen LogP) is 3.49. The van der Waals surface area contributed by atoms with E-state index in [9.17, 15) is 10.2 Å². The van der Waals surface area contributed by atoms with Gasteiger partial charge >= 0.3 is 0 Å². The van der Waals surface area contributed by atoms with E-state index in [4.69, 9.17) is 4.99 Å². The first kappa shape index (κ1) is 16.2. The molecule has 25 heavy (non-hydrogen) atoms. The molecular formula is C19H18BrN3O2. The molecule has 0 amide bonds. The Kier molecular flexibility index (Phi) is 4.01. The summed E-state index contributed by atoms with van der Waals surface area (Å²) in [5, 5.41) is 21.3. The first-order chi connectivity index (χ1) is 12.0. The second-order valence-corrected chi connectivity index (χ2v) is 7.36. The van der Waals surface area contributed by atoms with Gasteiger partial charge in [-0.1, -0.05) is 28.1 Å². The molecule has 1 saturated heterocycles. The van der Waals surface area contributed by atoms with Gasteiger partial charge in [0.05, 0.1) is 17.3 Å². The van der Waals surface area contributed by atoms with Crippen LogP contribution in [0.1, 0.15) is 11.1 Å². The third-order valence-corrected chi connectivity index (χ3v) is 4.95. The van der Waals surface area contributed by atoms with E-state index in [1.54, 1.807) is 18.2 Å². The van der Waals surface area contributed by atoms with Crippen LogP contribution in [0.2, 0.25) is 0 Å². The second kappa shape index (κ2) is 6.20. The van der Waals surface area contributed by atoms with Gasteiger partial charge in [-0.25, -0.2) is 0 Å². The number of hydrogen-bond acceptors (Lipinski definition) is 4. The zero-order valence-electron chi connectivity index (χ0n) is 13.7. The number of aliphatic imine (C=N–C) groups is 1. The number of hydrogen-bond donors (Lipinski definition) is 3. The first-order valence-electron chi connectivity index (χ1n) is 8.07. The highest BCUT2D eigenvalue weighted by Crippen LogP contribution is 2.33. The quantitative estimate of drug-likeness (QED) is 0.590. The summed E-state index contributed by atoms with van der Waals surface area (Å²) in [5.41, 5.74) is 2.98. The Morgan fingerprint density at radius 3 is 2.72 bits per heavy atom. The van der Waals surface area contributed by atoms with Crippen molar-refractivity contribution >= 4 is 32.5 Å². The van der Waals surface area contributed by atoms with E-state index in [2.05, 4.69) is 32.9 Å². The Hall–Kier alpha value is -2.31. The zero-order valence-corrected chi connectivity index (χ0v) is 15.3. The summed E-state index contributed by atoms with van der Waals surface area (Å²) < 4.78 is 0.930. The van der Waals surface area contributed by atoms with Gasteiger partial charge < -0.3 is 20.1 Å². The lowest BCUT2D eigenvalue weighted by atomic mass is 9.99. The fraction of sp³-hybridized carbons (Fsp3) is 0.211. The number of phenolic OH excluding ortho intramolecular Hbond substituents is 1. The molecule has 5 nitrogen and oxygen atoms in total. The summed E-state index contributed by atoms with van der Waals surface area (Å²) in [7, 11) is 2.06. The van der Waals surface area contributed by atoms with E-state index in [1.165, 1.54) is 0 Å². The molecule has 1 aliphatic heterocycles. The Labute approximate surface area is 153 Å². The summed E-state index contributed by atoms with van der Waals surface area (Å²) in [5.74, 6) is 0.263. The molecular weight excluding hydrogens is 382 g/mol. The lowest BCUT2D eigenvalue weighted by Crippen LogP contribution is -2.47. The fourth-order valence-corrected chi connectivity index (χ4v) is 3.62. The number of H-pyrrole nitrogens is 1. The third kappa shape index (κ3) is 3.03. The van der Waals surface area contributed by atoms with Crippen LogP contribution in [-0.2, 0) is 0 Å². The summed E-state index contributed by atoms with van der Waals surface area (Å²) in [6, 6.07) is 13.0. The van der Waals surface area contributed by atoms with Crippen molar-refractivity contribution in [2.24, 2.45) is 4.99 Å². The normalized spacial score (nSPS) is 16.3. The second-order valence-electron chi connectivity index (χ2n) is 6.44. The number of nitrogens with zero attached hydrogens (tertiary/aromatic N) is 2. The monoisotopic (exact) mass is 399 g/mol. The minimum absolute atomic E-state index is 0.0860. The van der Waals surface area contributed by atoms with Crippen LogP contribution in [0.5, 0.6) is 11.6 Å². The van der Waals surface area contributed by atoms with Gasteiger partial charge in [-0.15, -0.1) is 0 Å². The fourth-order valence-electron chi connectivity index (χ4n) is 3.26. The van der Waals surface area contributed by atoms with Crippen molar-refractivity contribution in [1.29, 1.82) is 0 Å². The number of benzene rings is 2. The summed E-state index contributed by atoms with van der Waals surface area (Å²) in [4.78, 5) is 10.1. The van der Waals surface area contributed by atoms with Gasteiger partial charge in [0.1, 0.15) is 5.75 Å². The maximum absolute atomic E-state index is 10.6. The summed E-state index contributed by atoms with van der Waals surface area (Å²) >= 11 is 3.49. The molecule has 0 saturated carbocycles. The van der Waals surface area contributed by atoms with Crippen LogP contribution >= 0.6 is 15.9 Å². The highest BCUT2D eigenvalue weighted by Gasteiger charge is 2.26. The van der Waals surface area contributed by atoms with E-state index in [-0.39, 0.29) is 17.7 Å². The largest absolute Gasteiger partial charge is 0.508 e. The average Bonchev–Trinajstić information content (AvgIpc) is 2.86. The van der Waals surface area contributed by atoms with Crippen LogP contribution in [0, 0.1) is 0 Å². The molecule has 3 N–H and O–H groups in total. The van der Waals surface area contributed by atoms with Gasteiger partial charge in [0.2, 0.25) is 0 Å². The molecule has 2 heterocycles. The zero-order chi connectivity index (χ0) is 17.6. The van der Waals surface area contributed by atoms with Crippen molar-refractivity contribution in [1.82, 2.24) is 9.88 Å². The maximum Gasteiger partial charge on any atom is 0.199 e. The highest BCUT2D eigenvalue weighted by molar-refractivity contribution is 9.10. The smallest absolute Gasteiger partial charge is 0.199 e. The molecule has 0 radical (unpaired) electrons. The van der Waals surface area contributed by atoms with Gasteiger partial charge in [0.15, 0.2) is 5.88 Å². The van der Waals surface area contributed by atoms with Gasteiger partial charge in [0, 0.05) is 34.0 Å². The lowest BCUT2D eigenvalue weighted by Gasteiger charge is -2.33. The van der Waals surface area contributed by atoms with E-state index < -0.39 is 0 Å². The number of rotatable bonds is 3. The number of phenols is 1. The van der Waals surface area contributed by atoms with Crippen molar-refractivity contribution in [3.05, 3.63) is 58.1 Å². The van der Waals surface area contributed by atoms with Crippen molar-refractivity contribution < 1.29 is 10.2 Å². The molecule has 6 heteroatoms. The Bertz CT molecular complexity index is 974. The van der Waals surface area contributed by atoms with E-state index in [0.29, 0.717) is 11.3 Å². The van der Waals surface area contributed by atoms with Crippen LogP contribution in [0.25, 0.3) is 10.9 Å². The number of likely N-dealkylation sites (tertiary alicyclic amines) is 1. The topological polar surface area (TPSA) is 71.8 Å². The van der Waals surface area contributed by atoms with Crippen molar-refractivity contribution in [2.75, 3.05) is 20.1 Å². The maximum atomic E-state index is 10.6. The molecule has 0 bridgehead atoms. The number of likely N-dealkylation sites (N-methyl/N-ethyl adjacent to an activating group) is 1. The van der Waals surface area contributed by atoms with Crippen molar-refractivity contribution in [3.8, 4) is 11.6 Å². The number of halogens is 1. The van der Waals surface area contributed by atoms with Crippen LogP contribution < -0.4 is 0 Å². The SMILES string of the molecule is CN1CC(N=C(c2cccc(O)c2)c2c(O)[nH]c3ccc(Br)cc23)C1. The molecule has 0 aliphatic carbocycles. The molecule has 2 aromatic carbocycles. The van der Waals surface area contributed by atoms with Crippen LogP contribution in [0.4, 0.5) is 0 Å². The van der Waals surface area contributed by atoms with Crippen LogP contribution in [0.3, 0.4) is 0 Å². The summed E-state index contributed by atoms with van der Waals surface area (Å²) in [6.45, 7) is 1.77. The molecule has 0 atom stereocenters. The number of fused-ring (bicyclic) bond motifs is 1. The molecule has 1 aromatic heterocycles. The third-order valence-electron chi connectivity index (χ3n) is 4.45. The van der Waals surface area contributed by atoms with Gasteiger partial charge in [-0.05, 0) is 37.4 Å². The molecule has 128 valence electrons. The predicted molar refractivity (Wildman–Crippen MR) is 103 cm³/mol. The number of nitrogens with one attached hydrogen (secondary N) is 1. The molecule has 1 aliphatic rings. The van der Waals surface area contributed by atoms with Gasteiger partial charge in [0.25, 0.3) is 0 Å². The molecule has 0 spiro atoms. The summed E-state index contributed by atoms with van der Waals surface area (Å²) in [6.07, 6.45) is 0. The van der Waals surface area contributed by atoms with Crippen LogP contribution in [-0.4, -0.2) is 52.0 Å². The Morgan fingerprint density at radius 1 is 1.20 bits per heavy atom. The van der Waals surface area contributed by atoms with Gasteiger partial charge in [-0.3, -0.25) is 4.99 Å². The first-order valence-corrected chi connectivity index (χ1v) is 8.87.